The van der Waals surface area contributed by atoms with Crippen molar-refractivity contribution in [2.75, 3.05) is 13.2 Å². The number of primary amides is 1. The molecule has 1 heterocycles. The summed E-state index contributed by atoms with van der Waals surface area (Å²) in [6.45, 7) is 0.518. The molecule has 1 fully saturated rings. The highest BCUT2D eigenvalue weighted by atomic mass is 16.4. The van der Waals surface area contributed by atoms with E-state index in [2.05, 4.69) is 10.6 Å². The van der Waals surface area contributed by atoms with Gasteiger partial charge in [0.1, 0.15) is 18.1 Å². The van der Waals surface area contributed by atoms with Crippen LogP contribution in [0.3, 0.4) is 0 Å². The molecule has 29 heavy (non-hydrogen) atoms. The maximum atomic E-state index is 12.7. The first-order chi connectivity index (χ1) is 13.5. The largest absolute Gasteiger partial charge is 0.480 e. The molecule has 0 aromatic rings. The molecule has 164 valence electrons. The zero-order valence-corrected chi connectivity index (χ0v) is 15.9. The second kappa shape index (κ2) is 10.7. The Labute approximate surface area is 166 Å². The molecule has 4 amide bonds. The van der Waals surface area contributed by atoms with Crippen molar-refractivity contribution in [1.29, 1.82) is 0 Å². The number of carbonyl (C=O) groups excluding carboxylic acids is 4. The number of hydrogen-bond acceptors (Lipinski definition) is 8. The lowest BCUT2D eigenvalue weighted by Gasteiger charge is -2.29. The minimum atomic E-state index is -1.52. The summed E-state index contributed by atoms with van der Waals surface area (Å²) >= 11 is 0. The van der Waals surface area contributed by atoms with Crippen molar-refractivity contribution in [3.8, 4) is 0 Å². The summed E-state index contributed by atoms with van der Waals surface area (Å²) in [7, 11) is 0. The molecule has 0 saturated carbocycles. The number of carboxylic acids is 1. The van der Waals surface area contributed by atoms with Crippen molar-refractivity contribution in [1.82, 2.24) is 15.5 Å². The number of rotatable bonds is 10. The number of nitrogens with one attached hydrogen (secondary N) is 2. The van der Waals surface area contributed by atoms with E-state index >= 15 is 0 Å². The molecule has 13 heteroatoms. The maximum Gasteiger partial charge on any atom is 0.326 e. The second-order valence-electron chi connectivity index (χ2n) is 6.78. The Morgan fingerprint density at radius 1 is 1.17 bits per heavy atom. The number of aliphatic hydroxyl groups excluding tert-OH is 2. The van der Waals surface area contributed by atoms with Crippen LogP contribution in [0.5, 0.6) is 0 Å². The van der Waals surface area contributed by atoms with Gasteiger partial charge in [-0.3, -0.25) is 19.2 Å². The fourth-order valence-electron chi connectivity index (χ4n) is 2.89. The number of nitrogens with zero attached hydrogens (tertiary/aromatic N) is 1. The first kappa shape index (κ1) is 24.3. The van der Waals surface area contributed by atoms with Gasteiger partial charge in [0.05, 0.1) is 25.2 Å². The maximum absolute atomic E-state index is 12.7. The van der Waals surface area contributed by atoms with Crippen LogP contribution in [-0.4, -0.2) is 93.2 Å². The minimum absolute atomic E-state index is 0.150. The highest BCUT2D eigenvalue weighted by molar-refractivity contribution is 5.95. The van der Waals surface area contributed by atoms with Crippen LogP contribution in [-0.2, 0) is 24.0 Å². The van der Waals surface area contributed by atoms with Crippen LogP contribution in [0.1, 0.15) is 26.2 Å². The number of aliphatic carboxylic acids is 1. The highest BCUT2D eigenvalue weighted by Crippen LogP contribution is 2.19. The molecule has 5 atom stereocenters. The summed E-state index contributed by atoms with van der Waals surface area (Å²) in [5.41, 5.74) is 10.4. The van der Waals surface area contributed by atoms with Gasteiger partial charge in [0.2, 0.25) is 23.6 Å². The molecule has 0 aromatic carbocycles. The molecule has 1 aliphatic rings. The molecule has 0 aliphatic carbocycles. The van der Waals surface area contributed by atoms with E-state index in [-0.39, 0.29) is 13.0 Å². The quantitative estimate of drug-likeness (QED) is 0.182. The third kappa shape index (κ3) is 6.66. The van der Waals surface area contributed by atoms with E-state index in [4.69, 9.17) is 11.5 Å². The zero-order chi connectivity index (χ0) is 22.3. The molecular formula is C16H27N5O8. The van der Waals surface area contributed by atoms with Crippen molar-refractivity contribution >= 4 is 29.6 Å². The molecule has 0 spiro atoms. The van der Waals surface area contributed by atoms with Crippen molar-refractivity contribution in [3.05, 3.63) is 0 Å². The van der Waals surface area contributed by atoms with Gasteiger partial charge >= 0.3 is 5.97 Å². The number of carbonyl (C=O) groups is 5. The predicted octanol–water partition coefficient (Wildman–Crippen LogP) is -4.39. The molecule has 1 aliphatic heterocycles. The fourth-order valence-corrected chi connectivity index (χ4v) is 2.89. The summed E-state index contributed by atoms with van der Waals surface area (Å²) in [6, 6.07) is -5.43. The van der Waals surface area contributed by atoms with Gasteiger partial charge in [0.15, 0.2) is 0 Å². The molecule has 13 nitrogen and oxygen atoms in total. The van der Waals surface area contributed by atoms with E-state index in [1.165, 1.54) is 6.92 Å². The van der Waals surface area contributed by atoms with Crippen LogP contribution >= 0.6 is 0 Å². The van der Waals surface area contributed by atoms with Crippen LogP contribution < -0.4 is 22.1 Å². The van der Waals surface area contributed by atoms with Crippen LogP contribution in [0.25, 0.3) is 0 Å². The lowest BCUT2D eigenvalue weighted by atomic mass is 10.1. The van der Waals surface area contributed by atoms with Crippen molar-refractivity contribution in [3.63, 3.8) is 0 Å². The molecule has 5 unspecified atom stereocenters. The fraction of sp³-hybridized carbons (Fsp3) is 0.688. The normalized spacial score (nSPS) is 20.3. The second-order valence-corrected chi connectivity index (χ2v) is 6.78. The third-order valence-electron chi connectivity index (χ3n) is 4.44. The monoisotopic (exact) mass is 417 g/mol. The van der Waals surface area contributed by atoms with Crippen molar-refractivity contribution in [2.45, 2.75) is 56.5 Å². The molecule has 0 radical (unpaired) electrons. The van der Waals surface area contributed by atoms with Gasteiger partial charge in [0, 0.05) is 6.54 Å². The molecule has 9 N–H and O–H groups in total. The van der Waals surface area contributed by atoms with Gasteiger partial charge in [-0.2, -0.15) is 0 Å². The van der Waals surface area contributed by atoms with E-state index in [0.29, 0.717) is 6.42 Å². The van der Waals surface area contributed by atoms with Gasteiger partial charge in [0.25, 0.3) is 0 Å². The smallest absolute Gasteiger partial charge is 0.326 e. The van der Waals surface area contributed by atoms with Crippen molar-refractivity contribution in [2.24, 2.45) is 11.5 Å². The number of carboxylic acid groups (broad SMARTS) is 1. The Morgan fingerprint density at radius 3 is 2.28 bits per heavy atom. The summed E-state index contributed by atoms with van der Waals surface area (Å²) in [4.78, 5) is 60.1. The first-order valence-corrected chi connectivity index (χ1v) is 8.96. The van der Waals surface area contributed by atoms with Gasteiger partial charge in [-0.05, 0) is 19.8 Å². The van der Waals surface area contributed by atoms with Crippen molar-refractivity contribution < 1.29 is 39.3 Å². The predicted molar refractivity (Wildman–Crippen MR) is 96.8 cm³/mol. The Hall–Kier alpha value is -2.77. The molecule has 0 bridgehead atoms. The van der Waals surface area contributed by atoms with E-state index in [1.54, 1.807) is 0 Å². The van der Waals surface area contributed by atoms with Gasteiger partial charge in [-0.25, -0.2) is 4.79 Å². The molecule has 1 saturated heterocycles. The Balaban J connectivity index is 2.84. The highest BCUT2D eigenvalue weighted by Gasteiger charge is 2.40. The van der Waals surface area contributed by atoms with Gasteiger partial charge in [-0.15, -0.1) is 0 Å². The lowest BCUT2D eigenvalue weighted by Crippen LogP contribution is -2.60. The summed E-state index contributed by atoms with van der Waals surface area (Å²) in [5, 5.41) is 32.8. The number of likely N-dealkylation sites (tertiary alicyclic amines) is 1. The van der Waals surface area contributed by atoms with Crippen LogP contribution in [0.15, 0.2) is 0 Å². The number of hydrogen-bond donors (Lipinski definition) is 7. The number of amides is 4. The van der Waals surface area contributed by atoms with Gasteiger partial charge in [-0.1, -0.05) is 0 Å². The third-order valence-corrected chi connectivity index (χ3v) is 4.44. The van der Waals surface area contributed by atoms with E-state index in [0.717, 1.165) is 4.90 Å². The van der Waals surface area contributed by atoms with E-state index in [9.17, 15) is 39.3 Å². The first-order valence-electron chi connectivity index (χ1n) is 8.96. The average molecular weight is 417 g/mol. The average Bonchev–Trinajstić information content (AvgIpc) is 3.12. The Bertz CT molecular complexity index is 655. The summed E-state index contributed by atoms with van der Waals surface area (Å²) in [6.07, 6.45) is -1.16. The zero-order valence-electron chi connectivity index (χ0n) is 15.9. The van der Waals surface area contributed by atoms with Crippen LogP contribution in [0.4, 0.5) is 0 Å². The van der Waals surface area contributed by atoms with E-state index in [1.807, 2.05) is 0 Å². The molecule has 1 rings (SSSR count). The number of nitrogens with two attached hydrogens (primary N) is 2. The van der Waals surface area contributed by atoms with Gasteiger partial charge < -0.3 is 42.3 Å². The molecular weight excluding hydrogens is 390 g/mol. The Morgan fingerprint density at radius 2 is 1.79 bits per heavy atom. The molecule has 0 aromatic heterocycles. The topological polar surface area (TPSA) is 225 Å². The van der Waals surface area contributed by atoms with Crippen LogP contribution in [0, 0.1) is 0 Å². The number of aliphatic hydroxyl groups is 2. The minimum Gasteiger partial charge on any atom is -0.480 e. The lowest BCUT2D eigenvalue weighted by molar-refractivity contribution is -0.150. The van der Waals surface area contributed by atoms with E-state index < -0.39 is 72.9 Å². The standard InChI is InChI=1S/C16H27N5O8/c1-7(23)12(15(27)21-4-2-3-10(21)16(28)29)20-14(26)9(6-22)19-13(25)8(17)5-11(18)24/h7-10,12,22-23H,2-6,17H2,1H3,(H2,18,24)(H,19,25)(H,20,26)(H,28,29). The Kier molecular flexibility index (Phi) is 8.94. The van der Waals surface area contributed by atoms with Crippen LogP contribution in [0.2, 0.25) is 0 Å². The SMILES string of the molecule is CC(O)C(NC(=O)C(CO)NC(=O)C(N)CC(N)=O)C(=O)N1CCCC1C(=O)O. The summed E-state index contributed by atoms with van der Waals surface area (Å²) < 4.78 is 0. The summed E-state index contributed by atoms with van der Waals surface area (Å²) in [5.74, 6) is -4.76.